The van der Waals surface area contributed by atoms with Gasteiger partial charge in [-0.1, -0.05) is 39.0 Å². The van der Waals surface area contributed by atoms with Crippen molar-refractivity contribution in [2.24, 2.45) is 5.92 Å². The van der Waals surface area contributed by atoms with E-state index in [4.69, 9.17) is 0 Å². The van der Waals surface area contributed by atoms with E-state index in [2.05, 4.69) is 50.4 Å². The van der Waals surface area contributed by atoms with Crippen LogP contribution < -0.4 is 5.32 Å². The number of fused-ring (bicyclic) bond motifs is 1. The molecule has 1 nitrogen and oxygen atoms in total. The van der Waals surface area contributed by atoms with Gasteiger partial charge in [0.25, 0.3) is 0 Å². The Labute approximate surface area is 103 Å². The molecule has 0 aromatic heterocycles. The molecule has 2 rings (SSSR count). The molecule has 1 aromatic rings. The first-order chi connectivity index (χ1) is 7.72. The number of thioether (sulfide) groups is 1. The SMILES string of the molecule is CCC(NC1CSc2ccccc21)C(C)C. The van der Waals surface area contributed by atoms with Gasteiger partial charge in [0.2, 0.25) is 0 Å². The lowest BCUT2D eigenvalue weighted by Crippen LogP contribution is -2.36. The van der Waals surface area contributed by atoms with Crippen molar-refractivity contribution in [3.8, 4) is 0 Å². The quantitative estimate of drug-likeness (QED) is 0.850. The molecule has 16 heavy (non-hydrogen) atoms. The summed E-state index contributed by atoms with van der Waals surface area (Å²) >= 11 is 1.98. The molecule has 2 unspecified atom stereocenters. The monoisotopic (exact) mass is 235 g/mol. The van der Waals surface area contributed by atoms with E-state index in [-0.39, 0.29) is 0 Å². The van der Waals surface area contributed by atoms with E-state index >= 15 is 0 Å². The van der Waals surface area contributed by atoms with Crippen LogP contribution in [-0.4, -0.2) is 11.8 Å². The van der Waals surface area contributed by atoms with E-state index in [1.807, 2.05) is 11.8 Å². The van der Waals surface area contributed by atoms with Gasteiger partial charge in [0, 0.05) is 22.7 Å². The van der Waals surface area contributed by atoms with Gasteiger partial charge in [-0.3, -0.25) is 0 Å². The minimum Gasteiger partial charge on any atom is -0.306 e. The number of hydrogen-bond donors (Lipinski definition) is 1. The predicted molar refractivity (Wildman–Crippen MR) is 72.0 cm³/mol. The first-order valence-electron chi connectivity index (χ1n) is 6.20. The summed E-state index contributed by atoms with van der Waals surface area (Å²) in [6.45, 7) is 6.87. The molecule has 2 heteroatoms. The third kappa shape index (κ3) is 2.44. The van der Waals surface area contributed by atoms with Crippen LogP contribution in [0.3, 0.4) is 0 Å². The molecule has 0 spiro atoms. The van der Waals surface area contributed by atoms with Crippen LogP contribution in [0.25, 0.3) is 0 Å². The van der Waals surface area contributed by atoms with Crippen LogP contribution in [0.15, 0.2) is 29.2 Å². The summed E-state index contributed by atoms with van der Waals surface area (Å²) in [5, 5.41) is 3.80. The molecule has 88 valence electrons. The Morgan fingerprint density at radius 2 is 2.12 bits per heavy atom. The van der Waals surface area contributed by atoms with Crippen molar-refractivity contribution in [1.82, 2.24) is 5.32 Å². The molecule has 0 saturated carbocycles. The summed E-state index contributed by atoms with van der Waals surface area (Å²) in [5.41, 5.74) is 1.49. The van der Waals surface area contributed by atoms with Crippen molar-refractivity contribution in [2.75, 3.05) is 5.75 Å². The number of hydrogen-bond acceptors (Lipinski definition) is 2. The molecule has 1 aromatic carbocycles. The second-order valence-corrected chi connectivity index (χ2v) is 5.89. The average Bonchev–Trinajstić information content (AvgIpc) is 2.69. The molecule has 0 aliphatic carbocycles. The maximum Gasteiger partial charge on any atom is 0.0428 e. The molecule has 0 saturated heterocycles. The largest absolute Gasteiger partial charge is 0.306 e. The molecular weight excluding hydrogens is 214 g/mol. The zero-order valence-electron chi connectivity index (χ0n) is 10.4. The number of benzene rings is 1. The molecule has 1 N–H and O–H groups in total. The van der Waals surface area contributed by atoms with Crippen LogP contribution in [-0.2, 0) is 0 Å². The van der Waals surface area contributed by atoms with Crippen LogP contribution in [0.2, 0.25) is 0 Å². The van der Waals surface area contributed by atoms with E-state index < -0.39 is 0 Å². The van der Waals surface area contributed by atoms with Gasteiger partial charge >= 0.3 is 0 Å². The highest BCUT2D eigenvalue weighted by molar-refractivity contribution is 7.99. The van der Waals surface area contributed by atoms with Crippen molar-refractivity contribution in [2.45, 2.75) is 44.2 Å². The van der Waals surface area contributed by atoms with Gasteiger partial charge in [-0.25, -0.2) is 0 Å². The zero-order chi connectivity index (χ0) is 11.5. The van der Waals surface area contributed by atoms with E-state index in [0.29, 0.717) is 18.0 Å². The second kappa shape index (κ2) is 5.24. The first kappa shape index (κ1) is 12.0. The predicted octanol–water partition coefficient (Wildman–Crippen LogP) is 3.86. The summed E-state index contributed by atoms with van der Waals surface area (Å²) in [6, 6.07) is 9.96. The molecule has 0 bridgehead atoms. The first-order valence-corrected chi connectivity index (χ1v) is 7.18. The lowest BCUT2D eigenvalue weighted by Gasteiger charge is -2.25. The lowest BCUT2D eigenvalue weighted by molar-refractivity contribution is 0.358. The van der Waals surface area contributed by atoms with Gasteiger partial charge in [-0.2, -0.15) is 0 Å². The van der Waals surface area contributed by atoms with Crippen molar-refractivity contribution < 1.29 is 0 Å². The van der Waals surface area contributed by atoms with Crippen LogP contribution in [0.1, 0.15) is 38.8 Å². The van der Waals surface area contributed by atoms with E-state index in [0.717, 1.165) is 0 Å². The van der Waals surface area contributed by atoms with Gasteiger partial charge in [0.1, 0.15) is 0 Å². The third-order valence-corrected chi connectivity index (χ3v) is 4.54. The number of nitrogens with one attached hydrogen (secondary N) is 1. The topological polar surface area (TPSA) is 12.0 Å². The molecule has 2 atom stereocenters. The Morgan fingerprint density at radius 3 is 2.81 bits per heavy atom. The minimum absolute atomic E-state index is 0.550. The van der Waals surface area contributed by atoms with Gasteiger partial charge < -0.3 is 5.32 Å². The summed E-state index contributed by atoms with van der Waals surface area (Å²) < 4.78 is 0. The fraction of sp³-hybridized carbons (Fsp3) is 0.571. The Hall–Kier alpha value is -0.470. The van der Waals surface area contributed by atoms with Gasteiger partial charge in [0.05, 0.1) is 0 Å². The van der Waals surface area contributed by atoms with Crippen molar-refractivity contribution >= 4 is 11.8 Å². The normalized spacial score (nSPS) is 21.1. The van der Waals surface area contributed by atoms with Gasteiger partial charge in [0.15, 0.2) is 0 Å². The zero-order valence-corrected chi connectivity index (χ0v) is 11.2. The van der Waals surface area contributed by atoms with E-state index in [1.165, 1.54) is 22.6 Å². The van der Waals surface area contributed by atoms with Gasteiger partial charge in [-0.05, 0) is 24.0 Å². The summed E-state index contributed by atoms with van der Waals surface area (Å²) in [4.78, 5) is 1.46. The lowest BCUT2D eigenvalue weighted by atomic mass is 9.99. The highest BCUT2D eigenvalue weighted by atomic mass is 32.2. The molecule has 0 amide bonds. The maximum atomic E-state index is 3.80. The highest BCUT2D eigenvalue weighted by Gasteiger charge is 2.25. The number of rotatable bonds is 4. The summed E-state index contributed by atoms with van der Waals surface area (Å²) in [5.74, 6) is 1.89. The van der Waals surface area contributed by atoms with Crippen LogP contribution in [0.5, 0.6) is 0 Å². The van der Waals surface area contributed by atoms with Crippen molar-refractivity contribution in [3.05, 3.63) is 29.8 Å². The van der Waals surface area contributed by atoms with Gasteiger partial charge in [-0.15, -0.1) is 11.8 Å². The van der Waals surface area contributed by atoms with Crippen molar-refractivity contribution in [1.29, 1.82) is 0 Å². The van der Waals surface area contributed by atoms with Crippen LogP contribution >= 0.6 is 11.8 Å². The molecule has 1 aliphatic heterocycles. The summed E-state index contributed by atoms with van der Waals surface area (Å²) in [6.07, 6.45) is 1.21. The van der Waals surface area contributed by atoms with E-state index in [9.17, 15) is 0 Å². The van der Waals surface area contributed by atoms with E-state index in [1.54, 1.807) is 0 Å². The highest BCUT2D eigenvalue weighted by Crippen LogP contribution is 2.38. The van der Waals surface area contributed by atoms with Crippen molar-refractivity contribution in [3.63, 3.8) is 0 Å². The average molecular weight is 235 g/mol. The maximum absolute atomic E-state index is 3.80. The minimum atomic E-state index is 0.550. The smallest absolute Gasteiger partial charge is 0.0428 e. The van der Waals surface area contributed by atoms with Crippen LogP contribution in [0, 0.1) is 5.92 Å². The standard InChI is InChI=1S/C14H21NS/c1-4-12(10(2)3)15-13-9-16-14-8-6-5-7-11(13)14/h5-8,10,12-13,15H,4,9H2,1-3H3. The Kier molecular flexibility index (Phi) is 3.93. The fourth-order valence-corrected chi connectivity index (χ4v) is 3.51. The molecule has 1 heterocycles. The summed E-state index contributed by atoms with van der Waals surface area (Å²) in [7, 11) is 0. The molecule has 0 fully saturated rings. The fourth-order valence-electron chi connectivity index (χ4n) is 2.34. The molecule has 1 aliphatic rings. The Balaban J connectivity index is 2.08. The molecular formula is C14H21NS. The Bertz CT molecular complexity index is 348. The molecule has 0 radical (unpaired) electrons. The van der Waals surface area contributed by atoms with Crippen LogP contribution in [0.4, 0.5) is 0 Å². The third-order valence-electron chi connectivity index (χ3n) is 3.36. The Morgan fingerprint density at radius 1 is 1.38 bits per heavy atom. The second-order valence-electron chi connectivity index (χ2n) is 4.83.